The molecule has 1 amide bonds. The molecule has 142 valence electrons. The summed E-state index contributed by atoms with van der Waals surface area (Å²) in [6.45, 7) is 1.62. The smallest absolute Gasteiger partial charge is 0.416 e. The topological polar surface area (TPSA) is 79.0 Å². The van der Waals surface area contributed by atoms with Gasteiger partial charge in [0, 0.05) is 30.8 Å². The molecule has 1 aliphatic heterocycles. The predicted molar refractivity (Wildman–Crippen MR) is 90.5 cm³/mol. The van der Waals surface area contributed by atoms with E-state index in [0.717, 1.165) is 36.4 Å². The number of carbonyl (C=O) groups excluding carboxylic acids is 1. The van der Waals surface area contributed by atoms with Gasteiger partial charge in [0.05, 0.1) is 12.1 Å². The average molecular weight is 391 g/mol. The Morgan fingerprint density at radius 1 is 1.35 bits per heavy atom. The van der Waals surface area contributed by atoms with Gasteiger partial charge >= 0.3 is 6.18 Å². The van der Waals surface area contributed by atoms with Crippen LogP contribution in [0.15, 0.2) is 24.3 Å². The Kier molecular flexibility index (Phi) is 6.49. The number of alkyl halides is 3. The van der Waals surface area contributed by atoms with Gasteiger partial charge in [-0.1, -0.05) is 6.07 Å². The van der Waals surface area contributed by atoms with Gasteiger partial charge in [0.25, 0.3) is 5.91 Å². The first-order chi connectivity index (χ1) is 11.9. The fourth-order valence-electron chi connectivity index (χ4n) is 2.59. The second-order valence-electron chi connectivity index (χ2n) is 5.59. The normalized spacial score (nSPS) is 13.5. The summed E-state index contributed by atoms with van der Waals surface area (Å²) in [6.07, 6.45) is -3.63. The van der Waals surface area contributed by atoms with Crippen molar-refractivity contribution in [1.82, 2.24) is 20.8 Å². The molecule has 0 aliphatic carbocycles. The van der Waals surface area contributed by atoms with E-state index < -0.39 is 11.7 Å². The van der Waals surface area contributed by atoms with Crippen LogP contribution in [-0.2, 0) is 19.1 Å². The van der Waals surface area contributed by atoms with E-state index in [0.29, 0.717) is 12.2 Å². The minimum Gasteiger partial charge on any atom is -0.492 e. The summed E-state index contributed by atoms with van der Waals surface area (Å²) < 4.78 is 43.2. The molecule has 3 rings (SSSR count). The molecule has 3 N–H and O–H groups in total. The van der Waals surface area contributed by atoms with Crippen LogP contribution in [0.25, 0.3) is 0 Å². The van der Waals surface area contributed by atoms with Gasteiger partial charge in [0.1, 0.15) is 12.4 Å². The molecular weight excluding hydrogens is 373 g/mol. The highest BCUT2D eigenvalue weighted by Gasteiger charge is 2.30. The maximum atomic E-state index is 12.6. The zero-order valence-corrected chi connectivity index (χ0v) is 14.5. The molecule has 2 heterocycles. The van der Waals surface area contributed by atoms with Gasteiger partial charge in [-0.3, -0.25) is 9.89 Å². The Labute approximate surface area is 153 Å². The zero-order chi connectivity index (χ0) is 17.9. The Morgan fingerprint density at radius 3 is 2.92 bits per heavy atom. The lowest BCUT2D eigenvalue weighted by molar-refractivity contribution is -0.137. The van der Waals surface area contributed by atoms with E-state index in [1.807, 2.05) is 0 Å². The molecule has 0 unspecified atom stereocenters. The van der Waals surface area contributed by atoms with Crippen LogP contribution in [0.5, 0.6) is 5.75 Å². The van der Waals surface area contributed by atoms with Crippen molar-refractivity contribution in [3.63, 3.8) is 0 Å². The van der Waals surface area contributed by atoms with Gasteiger partial charge in [-0.15, -0.1) is 12.4 Å². The molecule has 0 bridgehead atoms. The maximum absolute atomic E-state index is 12.6. The summed E-state index contributed by atoms with van der Waals surface area (Å²) >= 11 is 0. The van der Waals surface area contributed by atoms with E-state index in [-0.39, 0.29) is 37.2 Å². The molecule has 0 fully saturated rings. The van der Waals surface area contributed by atoms with Gasteiger partial charge < -0.3 is 15.4 Å². The van der Waals surface area contributed by atoms with Crippen LogP contribution in [-0.4, -0.2) is 35.8 Å². The van der Waals surface area contributed by atoms with Crippen LogP contribution in [0.1, 0.15) is 27.3 Å². The van der Waals surface area contributed by atoms with Crippen LogP contribution in [0, 0.1) is 0 Å². The van der Waals surface area contributed by atoms with E-state index in [9.17, 15) is 18.0 Å². The number of H-pyrrole nitrogens is 1. The third kappa shape index (κ3) is 4.67. The first-order valence-corrected chi connectivity index (χ1v) is 7.80. The zero-order valence-electron chi connectivity index (χ0n) is 13.7. The van der Waals surface area contributed by atoms with E-state index >= 15 is 0 Å². The van der Waals surface area contributed by atoms with Gasteiger partial charge in [-0.05, 0) is 18.2 Å². The predicted octanol–water partition coefficient (Wildman–Crippen LogP) is 2.30. The minimum absolute atomic E-state index is 0. The van der Waals surface area contributed by atoms with E-state index in [2.05, 4.69) is 20.8 Å². The molecule has 0 atom stereocenters. The van der Waals surface area contributed by atoms with Crippen molar-refractivity contribution < 1.29 is 22.7 Å². The first kappa shape index (κ1) is 20.1. The van der Waals surface area contributed by atoms with Crippen LogP contribution in [0.3, 0.4) is 0 Å². The van der Waals surface area contributed by atoms with Crippen LogP contribution in [0.4, 0.5) is 13.2 Å². The second kappa shape index (κ2) is 8.41. The molecule has 0 spiro atoms. The fourth-order valence-corrected chi connectivity index (χ4v) is 2.59. The minimum atomic E-state index is -4.42. The molecule has 6 nitrogen and oxygen atoms in total. The standard InChI is InChI=1S/C16H17F3N4O2.ClH/c17-16(18,19)10-2-1-3-11(8-10)25-7-6-21-15(24)14-12-9-20-5-4-13(12)22-23-14;/h1-3,8,20H,4-7,9H2,(H,21,24)(H,22,23);1H. The largest absolute Gasteiger partial charge is 0.492 e. The summed E-state index contributed by atoms with van der Waals surface area (Å²) in [7, 11) is 0. The van der Waals surface area contributed by atoms with Gasteiger partial charge in [-0.25, -0.2) is 0 Å². The molecule has 0 radical (unpaired) electrons. The number of nitrogens with one attached hydrogen (secondary N) is 3. The van der Waals surface area contributed by atoms with Crippen molar-refractivity contribution in [2.24, 2.45) is 0 Å². The number of nitrogens with zero attached hydrogens (tertiary/aromatic N) is 1. The highest BCUT2D eigenvalue weighted by Crippen LogP contribution is 2.31. The number of rotatable bonds is 5. The van der Waals surface area contributed by atoms with Crippen molar-refractivity contribution in [2.45, 2.75) is 19.1 Å². The summed E-state index contributed by atoms with van der Waals surface area (Å²) in [5.41, 5.74) is 1.36. The lowest BCUT2D eigenvalue weighted by Gasteiger charge is -2.13. The molecule has 10 heteroatoms. The summed E-state index contributed by atoms with van der Waals surface area (Å²) in [6, 6.07) is 4.62. The Balaban J connectivity index is 0.00000243. The molecule has 26 heavy (non-hydrogen) atoms. The number of hydrogen-bond donors (Lipinski definition) is 3. The van der Waals surface area contributed by atoms with E-state index in [4.69, 9.17) is 4.74 Å². The van der Waals surface area contributed by atoms with Crippen molar-refractivity contribution >= 4 is 18.3 Å². The van der Waals surface area contributed by atoms with Crippen molar-refractivity contribution in [3.05, 3.63) is 46.8 Å². The monoisotopic (exact) mass is 390 g/mol. The molecule has 0 saturated carbocycles. The Bertz CT molecular complexity index is 764. The van der Waals surface area contributed by atoms with Crippen molar-refractivity contribution in [3.8, 4) is 5.75 Å². The number of amides is 1. The number of hydrogen-bond acceptors (Lipinski definition) is 4. The SMILES string of the molecule is Cl.O=C(NCCOc1cccc(C(F)(F)F)c1)c1n[nH]c2c1CNCC2. The lowest BCUT2D eigenvalue weighted by atomic mass is 10.1. The van der Waals surface area contributed by atoms with E-state index in [1.165, 1.54) is 12.1 Å². The summed E-state index contributed by atoms with van der Waals surface area (Å²) in [5.74, 6) is -0.237. The molecule has 0 saturated heterocycles. The number of ether oxygens (including phenoxy) is 1. The van der Waals surface area contributed by atoms with Crippen molar-refractivity contribution in [1.29, 1.82) is 0 Å². The molecule has 1 aliphatic rings. The van der Waals surface area contributed by atoms with Gasteiger partial charge in [0.2, 0.25) is 0 Å². The molecule has 2 aromatic rings. The van der Waals surface area contributed by atoms with E-state index in [1.54, 1.807) is 0 Å². The highest BCUT2D eigenvalue weighted by atomic mass is 35.5. The van der Waals surface area contributed by atoms with Gasteiger partial charge in [0.15, 0.2) is 5.69 Å². The number of fused-ring (bicyclic) bond motifs is 1. The van der Waals surface area contributed by atoms with Crippen molar-refractivity contribution in [2.75, 3.05) is 19.7 Å². The lowest BCUT2D eigenvalue weighted by Crippen LogP contribution is -2.31. The average Bonchev–Trinajstić information content (AvgIpc) is 3.02. The number of aromatic amines is 1. The summed E-state index contributed by atoms with van der Waals surface area (Å²) in [4.78, 5) is 12.1. The quantitative estimate of drug-likeness (QED) is 0.684. The molecule has 1 aromatic carbocycles. The highest BCUT2D eigenvalue weighted by molar-refractivity contribution is 5.94. The van der Waals surface area contributed by atoms with Crippen LogP contribution in [0.2, 0.25) is 0 Å². The van der Waals surface area contributed by atoms with Gasteiger partial charge in [-0.2, -0.15) is 18.3 Å². The summed E-state index contributed by atoms with van der Waals surface area (Å²) in [5, 5.41) is 12.7. The number of benzene rings is 1. The Hall–Kier alpha value is -2.26. The second-order valence-corrected chi connectivity index (χ2v) is 5.59. The fraction of sp³-hybridized carbons (Fsp3) is 0.375. The first-order valence-electron chi connectivity index (χ1n) is 7.80. The Morgan fingerprint density at radius 2 is 2.15 bits per heavy atom. The third-order valence-corrected chi connectivity index (χ3v) is 3.84. The number of halogens is 4. The number of carbonyl (C=O) groups is 1. The maximum Gasteiger partial charge on any atom is 0.416 e. The molecule has 1 aromatic heterocycles. The molecular formula is C16H18ClF3N4O2. The van der Waals surface area contributed by atoms with Crippen LogP contribution < -0.4 is 15.4 Å². The third-order valence-electron chi connectivity index (χ3n) is 3.84. The van der Waals surface area contributed by atoms with Crippen LogP contribution >= 0.6 is 12.4 Å². The number of aromatic nitrogens is 2.